The number of nitrogens with one attached hydrogen (secondary N) is 1. The average molecular weight is 275 g/mol. The Morgan fingerprint density at radius 1 is 1.45 bits per heavy atom. The molecular formula is C16H25N3O. The molecule has 0 radical (unpaired) electrons. The van der Waals surface area contributed by atoms with Crippen LogP contribution in [-0.4, -0.2) is 34.9 Å². The van der Waals surface area contributed by atoms with E-state index in [1.54, 1.807) is 6.20 Å². The first-order chi connectivity index (χ1) is 9.63. The molecule has 0 aromatic carbocycles. The van der Waals surface area contributed by atoms with E-state index >= 15 is 0 Å². The molecule has 0 spiro atoms. The molecule has 4 nitrogen and oxygen atoms in total. The third-order valence-corrected chi connectivity index (χ3v) is 3.96. The molecule has 0 saturated carbocycles. The fourth-order valence-electron chi connectivity index (χ4n) is 2.69. The summed E-state index contributed by atoms with van der Waals surface area (Å²) in [6.45, 7) is 8.14. The van der Waals surface area contributed by atoms with E-state index in [2.05, 4.69) is 31.1 Å². The Balaban J connectivity index is 2.19. The predicted molar refractivity (Wildman–Crippen MR) is 81.9 cm³/mol. The quantitative estimate of drug-likeness (QED) is 0.918. The molecule has 1 saturated heterocycles. The van der Waals surface area contributed by atoms with Crippen LogP contribution in [0.1, 0.15) is 50.4 Å². The summed E-state index contributed by atoms with van der Waals surface area (Å²) in [5, 5.41) is 3.25. The summed E-state index contributed by atoms with van der Waals surface area (Å²) in [5.41, 5.74) is 0.696. The minimum Gasteiger partial charge on any atom is -0.369 e. The van der Waals surface area contributed by atoms with Crippen molar-refractivity contribution in [1.29, 1.82) is 0 Å². The third-order valence-electron chi connectivity index (χ3n) is 3.96. The lowest BCUT2D eigenvalue weighted by Crippen LogP contribution is -2.45. The molecule has 110 valence electrons. The molecule has 1 fully saturated rings. The van der Waals surface area contributed by atoms with Crippen LogP contribution in [-0.2, 0) is 0 Å². The van der Waals surface area contributed by atoms with Gasteiger partial charge in [-0.2, -0.15) is 0 Å². The minimum atomic E-state index is 0.107. The highest BCUT2D eigenvalue weighted by molar-refractivity contribution is 5.98. The van der Waals surface area contributed by atoms with E-state index in [9.17, 15) is 4.79 Å². The molecule has 2 unspecified atom stereocenters. The van der Waals surface area contributed by atoms with Crippen LogP contribution in [0.3, 0.4) is 0 Å². The lowest BCUT2D eigenvalue weighted by Gasteiger charge is -2.37. The van der Waals surface area contributed by atoms with E-state index in [1.165, 1.54) is 6.42 Å². The van der Waals surface area contributed by atoms with Gasteiger partial charge in [-0.15, -0.1) is 0 Å². The Kier molecular flexibility index (Phi) is 4.99. The smallest absolute Gasteiger partial charge is 0.257 e. The number of anilines is 1. The van der Waals surface area contributed by atoms with Gasteiger partial charge in [-0.1, -0.05) is 13.8 Å². The van der Waals surface area contributed by atoms with Crippen molar-refractivity contribution in [2.75, 3.05) is 18.4 Å². The van der Waals surface area contributed by atoms with E-state index in [-0.39, 0.29) is 5.91 Å². The fraction of sp³-hybridized carbons (Fsp3) is 0.625. The molecule has 0 bridgehead atoms. The van der Waals surface area contributed by atoms with E-state index in [1.807, 2.05) is 17.0 Å². The first-order valence-corrected chi connectivity index (χ1v) is 7.63. The van der Waals surface area contributed by atoms with Gasteiger partial charge in [-0.05, 0) is 44.2 Å². The minimum absolute atomic E-state index is 0.107. The number of likely N-dealkylation sites (tertiary alicyclic amines) is 1. The molecule has 1 aliphatic heterocycles. The van der Waals surface area contributed by atoms with Crippen LogP contribution >= 0.6 is 0 Å². The van der Waals surface area contributed by atoms with E-state index in [0.717, 1.165) is 25.9 Å². The molecular weight excluding hydrogens is 250 g/mol. The van der Waals surface area contributed by atoms with Gasteiger partial charge < -0.3 is 10.2 Å². The Morgan fingerprint density at radius 2 is 2.25 bits per heavy atom. The summed E-state index contributed by atoms with van der Waals surface area (Å²) >= 11 is 0. The predicted octanol–water partition coefficient (Wildman–Crippen LogP) is 3.16. The van der Waals surface area contributed by atoms with Gasteiger partial charge in [0.1, 0.15) is 5.82 Å². The van der Waals surface area contributed by atoms with Crippen molar-refractivity contribution in [1.82, 2.24) is 9.88 Å². The zero-order valence-electron chi connectivity index (χ0n) is 12.7. The average Bonchev–Trinajstić information content (AvgIpc) is 2.47. The number of carbonyl (C=O) groups is 1. The highest BCUT2D eigenvalue weighted by Crippen LogP contribution is 2.24. The van der Waals surface area contributed by atoms with Crippen molar-refractivity contribution in [3.8, 4) is 0 Å². The van der Waals surface area contributed by atoms with Gasteiger partial charge in [0.25, 0.3) is 5.91 Å². The van der Waals surface area contributed by atoms with Crippen LogP contribution in [0.2, 0.25) is 0 Å². The maximum absolute atomic E-state index is 12.8. The van der Waals surface area contributed by atoms with E-state index < -0.39 is 0 Å². The highest BCUT2D eigenvalue weighted by atomic mass is 16.2. The van der Waals surface area contributed by atoms with Crippen molar-refractivity contribution in [2.24, 2.45) is 5.92 Å². The van der Waals surface area contributed by atoms with Gasteiger partial charge >= 0.3 is 0 Å². The number of hydrogen-bond donors (Lipinski definition) is 1. The summed E-state index contributed by atoms with van der Waals surface area (Å²) < 4.78 is 0. The summed E-state index contributed by atoms with van der Waals surface area (Å²) in [4.78, 5) is 19.1. The fourth-order valence-corrected chi connectivity index (χ4v) is 2.69. The van der Waals surface area contributed by atoms with Crippen LogP contribution in [0.4, 0.5) is 5.82 Å². The molecule has 4 heteroatoms. The molecule has 1 N–H and O–H groups in total. The Hall–Kier alpha value is -1.58. The zero-order chi connectivity index (χ0) is 14.5. The molecule has 2 atom stereocenters. The van der Waals surface area contributed by atoms with Gasteiger partial charge in [0.15, 0.2) is 0 Å². The van der Waals surface area contributed by atoms with Crippen LogP contribution in [0.15, 0.2) is 18.3 Å². The molecule has 2 rings (SSSR count). The highest BCUT2D eigenvalue weighted by Gasteiger charge is 2.28. The first-order valence-electron chi connectivity index (χ1n) is 7.63. The normalized spacial score (nSPS) is 22.6. The number of amides is 1. The molecule has 2 heterocycles. The Morgan fingerprint density at radius 3 is 3.00 bits per heavy atom. The molecule has 20 heavy (non-hydrogen) atoms. The summed E-state index contributed by atoms with van der Waals surface area (Å²) in [7, 11) is 0. The second-order valence-corrected chi connectivity index (χ2v) is 5.82. The second kappa shape index (κ2) is 6.73. The van der Waals surface area contributed by atoms with Crippen molar-refractivity contribution in [2.45, 2.75) is 46.1 Å². The van der Waals surface area contributed by atoms with Gasteiger partial charge in [-0.25, -0.2) is 4.98 Å². The SMILES string of the molecule is CCCNc1ncccc1C(=O)N1CC(C)CCC1C. The van der Waals surface area contributed by atoms with E-state index in [0.29, 0.717) is 23.3 Å². The zero-order valence-corrected chi connectivity index (χ0v) is 12.7. The Labute approximate surface area is 121 Å². The lowest BCUT2D eigenvalue weighted by atomic mass is 9.94. The number of nitrogens with zero attached hydrogens (tertiary/aromatic N) is 2. The number of aromatic nitrogens is 1. The van der Waals surface area contributed by atoms with Crippen molar-refractivity contribution < 1.29 is 4.79 Å². The number of carbonyl (C=O) groups excluding carboxylic acids is 1. The molecule has 1 amide bonds. The van der Waals surface area contributed by atoms with Crippen LogP contribution in [0.25, 0.3) is 0 Å². The van der Waals surface area contributed by atoms with Crippen LogP contribution < -0.4 is 5.32 Å². The second-order valence-electron chi connectivity index (χ2n) is 5.82. The van der Waals surface area contributed by atoms with Crippen LogP contribution in [0.5, 0.6) is 0 Å². The first kappa shape index (κ1) is 14.8. The number of piperidine rings is 1. The van der Waals surface area contributed by atoms with Gasteiger partial charge in [-0.3, -0.25) is 4.79 Å². The third kappa shape index (κ3) is 3.30. The van der Waals surface area contributed by atoms with E-state index in [4.69, 9.17) is 0 Å². The summed E-state index contributed by atoms with van der Waals surface area (Å²) in [6, 6.07) is 4.03. The van der Waals surface area contributed by atoms with Gasteiger partial charge in [0.05, 0.1) is 5.56 Å². The molecule has 1 aromatic rings. The Bertz CT molecular complexity index is 461. The maximum Gasteiger partial charge on any atom is 0.257 e. The van der Waals surface area contributed by atoms with Crippen LogP contribution in [0, 0.1) is 5.92 Å². The monoisotopic (exact) mass is 275 g/mol. The van der Waals surface area contributed by atoms with Crippen molar-refractivity contribution >= 4 is 11.7 Å². The lowest BCUT2D eigenvalue weighted by molar-refractivity contribution is 0.0574. The number of hydrogen-bond acceptors (Lipinski definition) is 3. The molecule has 0 aliphatic carbocycles. The van der Waals surface area contributed by atoms with Gasteiger partial charge in [0, 0.05) is 25.3 Å². The molecule has 1 aliphatic rings. The molecule has 1 aromatic heterocycles. The summed E-state index contributed by atoms with van der Waals surface area (Å²) in [5.74, 6) is 1.40. The number of rotatable bonds is 4. The largest absolute Gasteiger partial charge is 0.369 e. The maximum atomic E-state index is 12.8. The number of pyridine rings is 1. The topological polar surface area (TPSA) is 45.2 Å². The van der Waals surface area contributed by atoms with Gasteiger partial charge in [0.2, 0.25) is 0 Å². The standard InChI is InChI=1S/C16H25N3O/c1-4-9-17-15-14(6-5-10-18-15)16(20)19-11-12(2)7-8-13(19)3/h5-6,10,12-13H,4,7-9,11H2,1-3H3,(H,17,18). The van der Waals surface area contributed by atoms with Crippen molar-refractivity contribution in [3.63, 3.8) is 0 Å². The summed E-state index contributed by atoms with van der Waals surface area (Å²) in [6.07, 6.45) is 5.04. The van der Waals surface area contributed by atoms with Crippen molar-refractivity contribution in [3.05, 3.63) is 23.9 Å².